The first-order valence-corrected chi connectivity index (χ1v) is 10.2. The highest BCUT2D eigenvalue weighted by atomic mass is 16.5. The van der Waals surface area contributed by atoms with Crippen LogP contribution in [0.2, 0.25) is 0 Å². The first kappa shape index (κ1) is 20.8. The average molecular weight is 423 g/mol. The van der Waals surface area contributed by atoms with Gasteiger partial charge in [0.15, 0.2) is 16.9 Å². The first-order valence-electron chi connectivity index (χ1n) is 10.2. The topological polar surface area (TPSA) is 78.2 Å². The molecule has 0 radical (unpaired) electrons. The molecule has 2 aromatic carbocycles. The van der Waals surface area contributed by atoms with Crippen LogP contribution in [0.3, 0.4) is 0 Å². The summed E-state index contributed by atoms with van der Waals surface area (Å²) in [6, 6.07) is 9.93. The van der Waals surface area contributed by atoms with E-state index in [-0.39, 0.29) is 17.1 Å². The lowest BCUT2D eigenvalue weighted by Gasteiger charge is -2.26. The Bertz CT molecular complexity index is 1170. The van der Waals surface area contributed by atoms with E-state index in [1.165, 1.54) is 21.3 Å². The smallest absolute Gasteiger partial charge is 0.290 e. The van der Waals surface area contributed by atoms with Gasteiger partial charge in [-0.05, 0) is 36.2 Å². The van der Waals surface area contributed by atoms with Crippen molar-refractivity contribution < 1.29 is 23.4 Å². The third-order valence-electron chi connectivity index (χ3n) is 5.63. The van der Waals surface area contributed by atoms with Gasteiger partial charge in [0.1, 0.15) is 5.58 Å². The maximum absolute atomic E-state index is 13.5. The van der Waals surface area contributed by atoms with E-state index >= 15 is 0 Å². The maximum atomic E-state index is 13.5. The Balaban J connectivity index is 1.99. The van der Waals surface area contributed by atoms with Crippen molar-refractivity contribution in [2.45, 2.75) is 25.8 Å². The minimum absolute atomic E-state index is 0.0959. The Morgan fingerprint density at radius 2 is 1.68 bits per heavy atom. The number of unbranched alkanes of at least 4 members (excludes halogenated alkanes) is 1. The summed E-state index contributed by atoms with van der Waals surface area (Å²) < 4.78 is 22.4. The average Bonchev–Trinajstić information content (AvgIpc) is 3.08. The lowest BCUT2D eigenvalue weighted by Crippen LogP contribution is -2.30. The Labute approximate surface area is 180 Å². The molecule has 1 aliphatic heterocycles. The van der Waals surface area contributed by atoms with E-state index in [0.717, 1.165) is 12.8 Å². The molecule has 1 aliphatic rings. The molecule has 1 atom stereocenters. The molecule has 0 spiro atoms. The number of benzene rings is 2. The van der Waals surface area contributed by atoms with Gasteiger partial charge in [-0.1, -0.05) is 25.5 Å². The fourth-order valence-corrected chi connectivity index (χ4v) is 4.13. The van der Waals surface area contributed by atoms with E-state index in [2.05, 4.69) is 6.92 Å². The number of amides is 1. The van der Waals surface area contributed by atoms with Crippen molar-refractivity contribution in [3.63, 3.8) is 0 Å². The zero-order valence-electron chi connectivity index (χ0n) is 18.1. The van der Waals surface area contributed by atoms with E-state index in [1.54, 1.807) is 41.3 Å². The van der Waals surface area contributed by atoms with Gasteiger partial charge in [-0.2, -0.15) is 0 Å². The molecule has 31 heavy (non-hydrogen) atoms. The second-order valence-corrected chi connectivity index (χ2v) is 7.38. The lowest BCUT2D eigenvalue weighted by atomic mass is 9.97. The highest BCUT2D eigenvalue weighted by Gasteiger charge is 2.43. The molecule has 2 heterocycles. The summed E-state index contributed by atoms with van der Waals surface area (Å²) in [5, 5.41) is 0.448. The summed E-state index contributed by atoms with van der Waals surface area (Å²) in [4.78, 5) is 28.5. The highest BCUT2D eigenvalue weighted by molar-refractivity contribution is 5.99. The van der Waals surface area contributed by atoms with Gasteiger partial charge in [-0.15, -0.1) is 0 Å². The Kier molecular flexibility index (Phi) is 5.59. The number of para-hydroxylation sites is 1. The number of hydrogen-bond acceptors (Lipinski definition) is 6. The van der Waals surface area contributed by atoms with E-state index in [4.69, 9.17) is 18.6 Å². The van der Waals surface area contributed by atoms with Crippen LogP contribution in [-0.2, 0) is 0 Å². The first-order chi connectivity index (χ1) is 15.0. The molecule has 7 heteroatoms. The summed E-state index contributed by atoms with van der Waals surface area (Å²) >= 11 is 0. The molecule has 0 unspecified atom stereocenters. The fourth-order valence-electron chi connectivity index (χ4n) is 4.13. The van der Waals surface area contributed by atoms with Crippen molar-refractivity contribution in [2.24, 2.45) is 0 Å². The van der Waals surface area contributed by atoms with Crippen molar-refractivity contribution in [3.8, 4) is 17.2 Å². The second kappa shape index (κ2) is 8.34. The van der Waals surface area contributed by atoms with E-state index in [1.807, 2.05) is 0 Å². The third-order valence-corrected chi connectivity index (χ3v) is 5.63. The quantitative estimate of drug-likeness (QED) is 0.568. The predicted molar refractivity (Wildman–Crippen MR) is 116 cm³/mol. The minimum Gasteiger partial charge on any atom is -0.493 e. The van der Waals surface area contributed by atoms with Gasteiger partial charge in [0.25, 0.3) is 5.91 Å². The predicted octanol–water partition coefficient (Wildman–Crippen LogP) is 4.16. The van der Waals surface area contributed by atoms with Crippen molar-refractivity contribution in [1.29, 1.82) is 0 Å². The summed E-state index contributed by atoms with van der Waals surface area (Å²) in [6.45, 7) is 2.55. The number of nitrogens with zero attached hydrogens (tertiary/aromatic N) is 1. The molecule has 1 aromatic heterocycles. The molecule has 0 N–H and O–H groups in total. The van der Waals surface area contributed by atoms with Crippen molar-refractivity contribution in [3.05, 3.63) is 63.5 Å². The third kappa shape index (κ3) is 3.30. The minimum atomic E-state index is -0.608. The van der Waals surface area contributed by atoms with E-state index in [0.29, 0.717) is 45.9 Å². The standard InChI is InChI=1S/C24H25NO6/c1-5-6-11-25-20(14-12-17(28-2)22(30-4)18(13-14)29-3)19-21(26)15-9-7-8-10-16(15)31-23(19)24(25)27/h7-10,12-13,20H,5-6,11H2,1-4H3/t20-/m1/s1. The molecule has 0 saturated heterocycles. The zero-order chi connectivity index (χ0) is 22.1. The van der Waals surface area contributed by atoms with Crippen molar-refractivity contribution in [1.82, 2.24) is 4.90 Å². The van der Waals surface area contributed by atoms with Crippen LogP contribution in [0.4, 0.5) is 0 Å². The lowest BCUT2D eigenvalue weighted by molar-refractivity contribution is 0.0725. The van der Waals surface area contributed by atoms with Gasteiger partial charge in [-0.25, -0.2) is 0 Å². The Hall–Kier alpha value is -3.48. The number of carbonyl (C=O) groups is 1. The summed E-state index contributed by atoms with van der Waals surface area (Å²) in [5.41, 5.74) is 1.23. The summed E-state index contributed by atoms with van der Waals surface area (Å²) in [5.74, 6) is 1.17. The monoisotopic (exact) mass is 423 g/mol. The van der Waals surface area contributed by atoms with Gasteiger partial charge in [-0.3, -0.25) is 9.59 Å². The van der Waals surface area contributed by atoms with Gasteiger partial charge >= 0.3 is 0 Å². The van der Waals surface area contributed by atoms with Crippen LogP contribution < -0.4 is 19.6 Å². The SMILES string of the molecule is CCCCN1C(=O)c2oc3ccccc3c(=O)c2[C@H]1c1cc(OC)c(OC)c(OC)c1. The van der Waals surface area contributed by atoms with Gasteiger partial charge in [0, 0.05) is 6.54 Å². The molecular formula is C24H25NO6. The van der Waals surface area contributed by atoms with Crippen molar-refractivity contribution >= 4 is 16.9 Å². The van der Waals surface area contributed by atoms with E-state index < -0.39 is 6.04 Å². The molecule has 0 aliphatic carbocycles. The van der Waals surface area contributed by atoms with Crippen LogP contribution in [0.1, 0.15) is 47.5 Å². The largest absolute Gasteiger partial charge is 0.493 e. The number of carbonyl (C=O) groups excluding carboxylic acids is 1. The van der Waals surface area contributed by atoms with Crippen LogP contribution in [0, 0.1) is 0 Å². The van der Waals surface area contributed by atoms with Gasteiger partial charge in [0.05, 0.1) is 38.3 Å². The molecule has 3 aromatic rings. The molecule has 7 nitrogen and oxygen atoms in total. The molecule has 0 saturated carbocycles. The van der Waals surface area contributed by atoms with Crippen molar-refractivity contribution in [2.75, 3.05) is 27.9 Å². The molecular weight excluding hydrogens is 398 g/mol. The maximum Gasteiger partial charge on any atom is 0.290 e. The number of rotatable bonds is 7. The van der Waals surface area contributed by atoms with Crippen LogP contribution >= 0.6 is 0 Å². The number of fused-ring (bicyclic) bond motifs is 2. The van der Waals surface area contributed by atoms with Crippen LogP contribution in [0.5, 0.6) is 17.2 Å². The number of ether oxygens (including phenoxy) is 3. The van der Waals surface area contributed by atoms with Crippen LogP contribution in [0.25, 0.3) is 11.0 Å². The molecule has 0 fully saturated rings. The molecule has 162 valence electrons. The normalized spacial score (nSPS) is 15.3. The van der Waals surface area contributed by atoms with Gasteiger partial charge in [0.2, 0.25) is 11.5 Å². The summed E-state index contributed by atoms with van der Waals surface area (Å²) in [7, 11) is 4.60. The fraction of sp³-hybridized carbons (Fsp3) is 0.333. The molecule has 4 rings (SSSR count). The number of methoxy groups -OCH3 is 3. The molecule has 1 amide bonds. The zero-order valence-corrected chi connectivity index (χ0v) is 18.1. The summed E-state index contributed by atoms with van der Waals surface area (Å²) in [6.07, 6.45) is 1.71. The Morgan fingerprint density at radius 3 is 2.29 bits per heavy atom. The highest BCUT2D eigenvalue weighted by Crippen LogP contribution is 2.45. The van der Waals surface area contributed by atoms with Gasteiger partial charge < -0.3 is 23.5 Å². The molecule has 0 bridgehead atoms. The number of hydrogen-bond donors (Lipinski definition) is 0. The Morgan fingerprint density at radius 1 is 1.00 bits per heavy atom. The van der Waals surface area contributed by atoms with Crippen LogP contribution in [-0.4, -0.2) is 38.7 Å². The van der Waals surface area contributed by atoms with E-state index in [9.17, 15) is 9.59 Å². The van der Waals surface area contributed by atoms with Crippen LogP contribution in [0.15, 0.2) is 45.6 Å². The second-order valence-electron chi connectivity index (χ2n) is 7.38.